The van der Waals surface area contributed by atoms with Gasteiger partial charge in [0.15, 0.2) is 0 Å². The highest BCUT2D eigenvalue weighted by molar-refractivity contribution is 5.94. The molecule has 0 spiro atoms. The SMILES string of the molecule is CN(C)c1ccc(C(=O)NC2CCc3cc(/C=C/O)ccc32)cc1. The fraction of sp³-hybridized carbons (Fsp3) is 0.250. The van der Waals surface area contributed by atoms with Gasteiger partial charge in [-0.1, -0.05) is 18.2 Å². The summed E-state index contributed by atoms with van der Waals surface area (Å²) in [4.78, 5) is 14.5. The molecule has 0 aliphatic heterocycles. The van der Waals surface area contributed by atoms with E-state index in [-0.39, 0.29) is 11.9 Å². The first-order valence-electron chi connectivity index (χ1n) is 8.10. The lowest BCUT2D eigenvalue weighted by molar-refractivity contribution is 0.0936. The van der Waals surface area contributed by atoms with Crippen molar-refractivity contribution in [3.63, 3.8) is 0 Å². The van der Waals surface area contributed by atoms with Gasteiger partial charge in [0.1, 0.15) is 0 Å². The van der Waals surface area contributed by atoms with Gasteiger partial charge >= 0.3 is 0 Å². The first-order valence-corrected chi connectivity index (χ1v) is 8.10. The molecule has 1 unspecified atom stereocenters. The van der Waals surface area contributed by atoms with Crippen LogP contribution in [0.4, 0.5) is 5.69 Å². The fourth-order valence-corrected chi connectivity index (χ4v) is 3.13. The summed E-state index contributed by atoms with van der Waals surface area (Å²) in [6.45, 7) is 0. The van der Waals surface area contributed by atoms with Crippen LogP contribution in [0.2, 0.25) is 0 Å². The van der Waals surface area contributed by atoms with E-state index in [1.54, 1.807) is 6.08 Å². The molecular weight excluding hydrogens is 300 g/mol. The number of carbonyl (C=O) groups excluding carboxylic acids is 1. The van der Waals surface area contributed by atoms with Crippen molar-refractivity contribution in [1.29, 1.82) is 0 Å². The first-order chi connectivity index (χ1) is 11.6. The highest BCUT2D eigenvalue weighted by Gasteiger charge is 2.24. The average Bonchev–Trinajstić information content (AvgIpc) is 2.97. The van der Waals surface area contributed by atoms with Gasteiger partial charge in [0.2, 0.25) is 0 Å². The summed E-state index contributed by atoms with van der Waals surface area (Å²) < 4.78 is 0. The number of fused-ring (bicyclic) bond motifs is 1. The molecule has 2 aromatic rings. The van der Waals surface area contributed by atoms with Gasteiger partial charge in [-0.05, 0) is 59.9 Å². The van der Waals surface area contributed by atoms with E-state index < -0.39 is 0 Å². The van der Waals surface area contributed by atoms with Crippen molar-refractivity contribution in [3.8, 4) is 0 Å². The lowest BCUT2D eigenvalue weighted by atomic mass is 10.0. The molecule has 0 radical (unpaired) electrons. The Kier molecular flexibility index (Phi) is 4.56. The van der Waals surface area contributed by atoms with Gasteiger partial charge in [0.25, 0.3) is 5.91 Å². The van der Waals surface area contributed by atoms with Gasteiger partial charge < -0.3 is 15.3 Å². The van der Waals surface area contributed by atoms with Crippen LogP contribution in [0.3, 0.4) is 0 Å². The molecule has 2 N–H and O–H groups in total. The summed E-state index contributed by atoms with van der Waals surface area (Å²) in [5, 5.41) is 12.0. The number of nitrogens with zero attached hydrogens (tertiary/aromatic N) is 1. The maximum Gasteiger partial charge on any atom is 0.251 e. The minimum Gasteiger partial charge on any atom is -0.516 e. The fourth-order valence-electron chi connectivity index (χ4n) is 3.13. The molecule has 0 heterocycles. The maximum atomic E-state index is 12.5. The van der Waals surface area contributed by atoms with Crippen LogP contribution >= 0.6 is 0 Å². The van der Waals surface area contributed by atoms with Crippen LogP contribution in [0, 0.1) is 0 Å². The van der Waals surface area contributed by atoms with E-state index in [9.17, 15) is 4.79 Å². The summed E-state index contributed by atoms with van der Waals surface area (Å²) in [7, 11) is 3.95. The Morgan fingerprint density at radius 2 is 1.96 bits per heavy atom. The number of carbonyl (C=O) groups is 1. The van der Waals surface area contributed by atoms with E-state index in [1.807, 2.05) is 55.4 Å². The third-order valence-corrected chi connectivity index (χ3v) is 4.46. The lowest BCUT2D eigenvalue weighted by Crippen LogP contribution is -2.27. The van der Waals surface area contributed by atoms with Crippen LogP contribution in [-0.4, -0.2) is 25.1 Å². The number of amides is 1. The monoisotopic (exact) mass is 322 g/mol. The molecule has 1 atom stereocenters. The van der Waals surface area contributed by atoms with Crippen molar-refractivity contribution in [2.45, 2.75) is 18.9 Å². The van der Waals surface area contributed by atoms with Gasteiger partial charge in [0.05, 0.1) is 12.3 Å². The molecule has 1 aliphatic carbocycles. The van der Waals surface area contributed by atoms with E-state index >= 15 is 0 Å². The smallest absolute Gasteiger partial charge is 0.251 e. The number of hydrogen-bond donors (Lipinski definition) is 2. The zero-order valence-corrected chi connectivity index (χ0v) is 14.0. The van der Waals surface area contributed by atoms with Crippen molar-refractivity contribution in [1.82, 2.24) is 5.32 Å². The third kappa shape index (κ3) is 3.27. The molecule has 3 rings (SSSR count). The summed E-state index contributed by atoms with van der Waals surface area (Å²) in [6, 6.07) is 13.7. The molecule has 4 nitrogen and oxygen atoms in total. The molecule has 124 valence electrons. The second-order valence-electron chi connectivity index (χ2n) is 6.28. The second-order valence-corrected chi connectivity index (χ2v) is 6.28. The Labute approximate surface area is 142 Å². The van der Waals surface area contributed by atoms with E-state index in [1.165, 1.54) is 11.1 Å². The zero-order valence-electron chi connectivity index (χ0n) is 14.0. The Bertz CT molecular complexity index is 764. The predicted molar refractivity (Wildman–Crippen MR) is 97.4 cm³/mol. The number of rotatable bonds is 4. The van der Waals surface area contributed by atoms with Gasteiger partial charge in [-0.2, -0.15) is 0 Å². The first kappa shape index (κ1) is 16.1. The average molecular weight is 322 g/mol. The van der Waals surface area contributed by atoms with Crippen LogP contribution in [-0.2, 0) is 6.42 Å². The largest absolute Gasteiger partial charge is 0.516 e. The lowest BCUT2D eigenvalue weighted by Gasteiger charge is -2.16. The number of aliphatic hydroxyl groups excluding tert-OH is 1. The third-order valence-electron chi connectivity index (χ3n) is 4.46. The number of aryl methyl sites for hydroxylation is 1. The molecule has 0 aromatic heterocycles. The molecule has 24 heavy (non-hydrogen) atoms. The van der Waals surface area contributed by atoms with Crippen LogP contribution in [0.5, 0.6) is 0 Å². The zero-order chi connectivity index (χ0) is 17.1. The number of aliphatic hydroxyl groups is 1. The Balaban J connectivity index is 1.72. The molecule has 0 saturated heterocycles. The van der Waals surface area contributed by atoms with Crippen LogP contribution in [0.25, 0.3) is 6.08 Å². The Morgan fingerprint density at radius 3 is 2.62 bits per heavy atom. The molecule has 2 aromatic carbocycles. The number of benzene rings is 2. The van der Waals surface area contributed by atoms with Crippen molar-refractivity contribution in [2.24, 2.45) is 0 Å². The second kappa shape index (κ2) is 6.79. The van der Waals surface area contributed by atoms with E-state index in [0.29, 0.717) is 5.56 Å². The summed E-state index contributed by atoms with van der Waals surface area (Å²) in [5.74, 6) is -0.0440. The summed E-state index contributed by atoms with van der Waals surface area (Å²) in [5.41, 5.74) is 5.13. The molecular formula is C20H22N2O2. The number of nitrogens with one attached hydrogen (secondary N) is 1. The minimum absolute atomic E-state index is 0.0440. The van der Waals surface area contributed by atoms with Crippen LogP contribution < -0.4 is 10.2 Å². The van der Waals surface area contributed by atoms with Gasteiger partial charge in [-0.25, -0.2) is 0 Å². The molecule has 0 saturated carbocycles. The highest BCUT2D eigenvalue weighted by atomic mass is 16.2. The quantitative estimate of drug-likeness (QED) is 0.844. The summed E-state index contributed by atoms with van der Waals surface area (Å²) in [6.07, 6.45) is 4.56. The van der Waals surface area contributed by atoms with Crippen molar-refractivity contribution < 1.29 is 9.90 Å². The van der Waals surface area contributed by atoms with Crippen molar-refractivity contribution >= 4 is 17.7 Å². The topological polar surface area (TPSA) is 52.6 Å². The maximum absolute atomic E-state index is 12.5. The molecule has 1 aliphatic rings. The van der Waals surface area contributed by atoms with E-state index in [0.717, 1.165) is 30.4 Å². The highest BCUT2D eigenvalue weighted by Crippen LogP contribution is 2.32. The molecule has 0 fully saturated rings. The van der Waals surface area contributed by atoms with Crippen LogP contribution in [0.15, 0.2) is 48.7 Å². The molecule has 0 bridgehead atoms. The summed E-state index contributed by atoms with van der Waals surface area (Å²) >= 11 is 0. The minimum atomic E-state index is -0.0440. The Morgan fingerprint density at radius 1 is 1.21 bits per heavy atom. The molecule has 1 amide bonds. The number of hydrogen-bond acceptors (Lipinski definition) is 3. The number of anilines is 1. The normalized spacial score (nSPS) is 16.2. The van der Waals surface area contributed by atoms with Crippen molar-refractivity contribution in [2.75, 3.05) is 19.0 Å². The van der Waals surface area contributed by atoms with Crippen LogP contribution in [0.1, 0.15) is 39.5 Å². The van der Waals surface area contributed by atoms with Crippen molar-refractivity contribution in [3.05, 3.63) is 71.0 Å². The van der Waals surface area contributed by atoms with Gasteiger partial charge in [-0.3, -0.25) is 4.79 Å². The Hall–Kier alpha value is -2.75. The van der Waals surface area contributed by atoms with Gasteiger partial charge in [-0.15, -0.1) is 0 Å². The van der Waals surface area contributed by atoms with E-state index in [2.05, 4.69) is 11.4 Å². The standard InChI is InChI=1S/C20H22N2O2/c1-22(2)17-7-4-15(5-8-17)20(24)21-19-10-6-16-13-14(11-12-23)3-9-18(16)19/h3-5,7-9,11-13,19,23H,6,10H2,1-2H3,(H,21,24)/b12-11+. The van der Waals surface area contributed by atoms with E-state index in [4.69, 9.17) is 5.11 Å². The molecule has 4 heteroatoms. The van der Waals surface area contributed by atoms with Gasteiger partial charge in [0, 0.05) is 25.3 Å². The predicted octanol–water partition coefficient (Wildman–Crippen LogP) is 3.70.